The number of nitro groups is 2. The zero-order chi connectivity index (χ0) is 33.6. The van der Waals surface area contributed by atoms with Gasteiger partial charge in [-0.05, 0) is 61.8 Å². The minimum absolute atomic E-state index is 0.0654. The van der Waals surface area contributed by atoms with Crippen LogP contribution in [0.3, 0.4) is 0 Å². The Kier molecular flexibility index (Phi) is 9.53. The summed E-state index contributed by atoms with van der Waals surface area (Å²) in [5, 5.41) is 22.4. The Hall–Kier alpha value is -3.64. The lowest BCUT2D eigenvalue weighted by Gasteiger charge is -2.39. The predicted molar refractivity (Wildman–Crippen MR) is 171 cm³/mol. The minimum atomic E-state index is -1.07. The summed E-state index contributed by atoms with van der Waals surface area (Å²) in [4.78, 5) is 24.8. The lowest BCUT2D eigenvalue weighted by Crippen LogP contribution is -2.37. The standard InChI is InChI=1S/C33H32Cl2F4N4O4/c34-23-16-25(36)21(14-31(23)42(44)45)29-6-7-30(22-15-32(43(46)47)24(35)17-26(22)37)41(29)20-12-27(38)33(28(39)13-20)40-10-8-19(9-11-40)18-4-2-1-3-5-18/h12-19,29-30H,1-11H2/t29-,30-/m1/s1. The average molecular weight is 696 g/mol. The molecule has 2 atom stereocenters. The van der Waals surface area contributed by atoms with Gasteiger partial charge in [-0.25, -0.2) is 17.6 Å². The molecule has 0 radical (unpaired) electrons. The van der Waals surface area contributed by atoms with Crippen LogP contribution in [0.15, 0.2) is 36.4 Å². The molecule has 14 heteroatoms. The molecule has 3 aromatic carbocycles. The van der Waals surface area contributed by atoms with E-state index in [9.17, 15) is 20.2 Å². The Labute approximate surface area is 278 Å². The molecule has 1 aliphatic carbocycles. The first kappa shape index (κ1) is 33.3. The molecule has 2 aliphatic heterocycles. The molecule has 0 spiro atoms. The molecule has 3 fully saturated rings. The van der Waals surface area contributed by atoms with Crippen molar-refractivity contribution >= 4 is 46.0 Å². The fourth-order valence-electron chi connectivity index (χ4n) is 7.88. The van der Waals surface area contributed by atoms with Crippen molar-refractivity contribution in [3.05, 3.63) is 101 Å². The quantitative estimate of drug-likeness (QED) is 0.139. The molecule has 8 nitrogen and oxygen atoms in total. The highest BCUT2D eigenvalue weighted by Gasteiger charge is 2.41. The molecule has 1 saturated carbocycles. The molecule has 0 aromatic heterocycles. The summed E-state index contributed by atoms with van der Waals surface area (Å²) in [6.45, 7) is 0.977. The number of anilines is 2. The van der Waals surface area contributed by atoms with Crippen molar-refractivity contribution in [3.63, 3.8) is 0 Å². The van der Waals surface area contributed by atoms with E-state index in [0.29, 0.717) is 24.9 Å². The van der Waals surface area contributed by atoms with Crippen LogP contribution in [-0.4, -0.2) is 22.9 Å². The SMILES string of the molecule is O=[N+]([O-])c1cc([C@H]2CC[C@H](c3cc([N+](=O)[O-])c(Cl)cc3F)N2c2cc(F)c(N3CCC(C4CCCCC4)CC3)c(F)c2)c(F)cc1Cl. The number of nitro benzene ring substituents is 2. The number of benzene rings is 3. The molecule has 250 valence electrons. The van der Waals surface area contributed by atoms with Gasteiger partial charge in [0.15, 0.2) is 11.6 Å². The van der Waals surface area contributed by atoms with Crippen LogP contribution in [0.5, 0.6) is 0 Å². The van der Waals surface area contributed by atoms with Crippen LogP contribution in [-0.2, 0) is 0 Å². The number of piperidine rings is 1. The summed E-state index contributed by atoms with van der Waals surface area (Å²) in [7, 11) is 0. The Bertz CT molecular complexity index is 1620. The third-order valence-electron chi connectivity index (χ3n) is 10.1. The molecule has 47 heavy (non-hydrogen) atoms. The third-order valence-corrected chi connectivity index (χ3v) is 10.7. The van der Waals surface area contributed by atoms with Crippen LogP contribution >= 0.6 is 23.2 Å². The van der Waals surface area contributed by atoms with E-state index in [-0.39, 0.29) is 35.3 Å². The Morgan fingerprint density at radius 2 is 1.06 bits per heavy atom. The maximum atomic E-state index is 16.0. The molecule has 0 unspecified atom stereocenters. The van der Waals surface area contributed by atoms with Crippen LogP contribution in [0, 0.1) is 55.3 Å². The number of nitrogens with zero attached hydrogens (tertiary/aromatic N) is 4. The van der Waals surface area contributed by atoms with Crippen LogP contribution in [0.25, 0.3) is 0 Å². The monoisotopic (exact) mass is 694 g/mol. The first-order valence-electron chi connectivity index (χ1n) is 15.7. The zero-order valence-corrected chi connectivity index (χ0v) is 26.8. The topological polar surface area (TPSA) is 92.8 Å². The molecule has 0 bridgehead atoms. The Morgan fingerprint density at radius 3 is 1.51 bits per heavy atom. The molecular formula is C33H32Cl2F4N4O4. The van der Waals surface area contributed by atoms with Crippen molar-refractivity contribution < 1.29 is 27.4 Å². The highest BCUT2D eigenvalue weighted by molar-refractivity contribution is 6.33. The van der Waals surface area contributed by atoms with Crippen molar-refractivity contribution in [2.45, 2.75) is 69.9 Å². The molecule has 0 N–H and O–H groups in total. The van der Waals surface area contributed by atoms with Gasteiger partial charge in [0, 0.05) is 42.0 Å². The van der Waals surface area contributed by atoms with E-state index in [1.165, 1.54) is 37.0 Å². The number of hydrogen-bond acceptors (Lipinski definition) is 6. The van der Waals surface area contributed by atoms with Crippen LogP contribution < -0.4 is 9.80 Å². The van der Waals surface area contributed by atoms with Gasteiger partial charge in [-0.15, -0.1) is 0 Å². The predicted octanol–water partition coefficient (Wildman–Crippen LogP) is 10.2. The first-order chi connectivity index (χ1) is 22.4. The summed E-state index contributed by atoms with van der Waals surface area (Å²) in [6.07, 6.45) is 7.84. The largest absolute Gasteiger partial charge is 0.367 e. The van der Waals surface area contributed by atoms with Crippen LogP contribution in [0.2, 0.25) is 10.0 Å². The molecule has 0 amide bonds. The molecule has 6 rings (SSSR count). The van der Waals surface area contributed by atoms with Gasteiger partial charge in [-0.1, -0.05) is 55.3 Å². The number of rotatable bonds is 7. The lowest BCUT2D eigenvalue weighted by atomic mass is 9.76. The summed E-state index contributed by atoms with van der Waals surface area (Å²) >= 11 is 11.8. The summed E-state index contributed by atoms with van der Waals surface area (Å²) in [5.74, 6) is -2.40. The van der Waals surface area contributed by atoms with Gasteiger partial charge in [-0.2, -0.15) is 0 Å². The summed E-state index contributed by atoms with van der Waals surface area (Å²) < 4.78 is 62.8. The maximum absolute atomic E-state index is 16.0. The molecule has 2 saturated heterocycles. The van der Waals surface area contributed by atoms with E-state index in [0.717, 1.165) is 49.2 Å². The highest BCUT2D eigenvalue weighted by atomic mass is 35.5. The zero-order valence-electron chi connectivity index (χ0n) is 25.2. The van der Waals surface area contributed by atoms with E-state index in [1.807, 2.05) is 0 Å². The minimum Gasteiger partial charge on any atom is -0.367 e. The number of halogens is 6. The van der Waals surface area contributed by atoms with Crippen molar-refractivity contribution in [2.24, 2.45) is 11.8 Å². The Balaban J connectivity index is 1.39. The van der Waals surface area contributed by atoms with Gasteiger partial charge in [0.1, 0.15) is 27.4 Å². The van der Waals surface area contributed by atoms with Gasteiger partial charge in [-0.3, -0.25) is 20.2 Å². The Morgan fingerprint density at radius 1 is 0.617 bits per heavy atom. The fourth-order valence-corrected chi connectivity index (χ4v) is 8.32. The second kappa shape index (κ2) is 13.5. The van der Waals surface area contributed by atoms with Gasteiger partial charge < -0.3 is 9.80 Å². The van der Waals surface area contributed by atoms with Crippen molar-refractivity contribution in [2.75, 3.05) is 22.9 Å². The third kappa shape index (κ3) is 6.46. The average Bonchev–Trinajstić information content (AvgIpc) is 3.46. The van der Waals surface area contributed by atoms with Gasteiger partial charge in [0.05, 0.1) is 21.9 Å². The smallest absolute Gasteiger partial charge is 0.288 e. The molecule has 3 aliphatic rings. The van der Waals surface area contributed by atoms with Gasteiger partial charge in [0.2, 0.25) is 0 Å². The summed E-state index contributed by atoms with van der Waals surface area (Å²) in [5.41, 5.74) is -1.82. The van der Waals surface area contributed by atoms with Crippen molar-refractivity contribution in [1.29, 1.82) is 0 Å². The fraction of sp³-hybridized carbons (Fsp3) is 0.455. The lowest BCUT2D eigenvalue weighted by molar-refractivity contribution is -0.384. The van der Waals surface area contributed by atoms with E-state index >= 15 is 17.6 Å². The van der Waals surface area contributed by atoms with Gasteiger partial charge >= 0.3 is 0 Å². The van der Waals surface area contributed by atoms with Gasteiger partial charge in [0.25, 0.3) is 11.4 Å². The number of hydrogen-bond donors (Lipinski definition) is 0. The highest BCUT2D eigenvalue weighted by Crippen LogP contribution is 2.51. The molecule has 2 heterocycles. The first-order valence-corrected chi connectivity index (χ1v) is 16.5. The van der Waals surface area contributed by atoms with Crippen LogP contribution in [0.4, 0.5) is 40.3 Å². The van der Waals surface area contributed by atoms with E-state index in [4.69, 9.17) is 23.2 Å². The van der Waals surface area contributed by atoms with E-state index in [1.54, 1.807) is 4.90 Å². The second-order valence-corrected chi connectivity index (χ2v) is 13.5. The maximum Gasteiger partial charge on any atom is 0.288 e. The molecule has 3 aromatic rings. The van der Waals surface area contributed by atoms with Crippen molar-refractivity contribution in [1.82, 2.24) is 0 Å². The van der Waals surface area contributed by atoms with Crippen molar-refractivity contribution in [3.8, 4) is 0 Å². The summed E-state index contributed by atoms with van der Waals surface area (Å²) in [6, 6.07) is 3.52. The second-order valence-electron chi connectivity index (χ2n) is 12.7. The molecular weight excluding hydrogens is 663 g/mol. The van der Waals surface area contributed by atoms with E-state index < -0.39 is 66.6 Å². The van der Waals surface area contributed by atoms with E-state index in [2.05, 4.69) is 0 Å². The van der Waals surface area contributed by atoms with Crippen LogP contribution in [0.1, 0.15) is 81.0 Å². The normalized spacial score (nSPS) is 21.0.